The number of hydrogen-bond acceptors (Lipinski definition) is 2. The third-order valence-electron chi connectivity index (χ3n) is 2.98. The summed E-state index contributed by atoms with van der Waals surface area (Å²) in [6.45, 7) is 0. The molecule has 128 valence electrons. The Morgan fingerprint density at radius 2 is 1.54 bits per heavy atom. The second kappa shape index (κ2) is 6.84. The number of fused-ring (bicyclic) bond motifs is 1. The van der Waals surface area contributed by atoms with Gasteiger partial charge < -0.3 is 4.98 Å². The van der Waals surface area contributed by atoms with Gasteiger partial charge in [0.05, 0.1) is 0 Å². The number of nitrogens with one attached hydrogen (secondary N) is 1. The van der Waals surface area contributed by atoms with Gasteiger partial charge in [-0.15, -0.1) is 0 Å². The van der Waals surface area contributed by atoms with Gasteiger partial charge >= 0.3 is 15.6 Å². The molecule has 1 heterocycles. The first-order valence-corrected chi connectivity index (χ1v) is 8.27. The molecule has 0 aliphatic carbocycles. The highest BCUT2D eigenvalue weighted by Crippen LogP contribution is 2.25. The SMILES string of the molecule is Clc1ccc(-c2cc3ccccc3[nH]2)cc1.O=S(=O)(O)C(F)(F)F. The lowest BCUT2D eigenvalue weighted by atomic mass is 10.1. The molecular weight excluding hydrogens is 367 g/mol. The molecule has 9 heteroatoms. The van der Waals surface area contributed by atoms with Crippen LogP contribution in [0.1, 0.15) is 0 Å². The van der Waals surface area contributed by atoms with Crippen molar-refractivity contribution in [3.05, 3.63) is 59.6 Å². The van der Waals surface area contributed by atoms with Crippen LogP contribution >= 0.6 is 11.6 Å². The fourth-order valence-electron chi connectivity index (χ4n) is 1.86. The number of halogens is 4. The first-order chi connectivity index (χ1) is 11.1. The van der Waals surface area contributed by atoms with Gasteiger partial charge in [-0.3, -0.25) is 4.55 Å². The van der Waals surface area contributed by atoms with E-state index in [2.05, 4.69) is 23.2 Å². The Kier molecular flexibility index (Phi) is 5.22. The van der Waals surface area contributed by atoms with E-state index in [-0.39, 0.29) is 0 Å². The normalized spacial score (nSPS) is 11.9. The van der Waals surface area contributed by atoms with Crippen LogP contribution in [-0.4, -0.2) is 23.5 Å². The summed E-state index contributed by atoms with van der Waals surface area (Å²) in [5.41, 5.74) is -2.10. The number of hydrogen-bond donors (Lipinski definition) is 2. The molecule has 0 bridgehead atoms. The van der Waals surface area contributed by atoms with Crippen molar-refractivity contribution < 1.29 is 26.1 Å². The molecule has 0 amide bonds. The van der Waals surface area contributed by atoms with Gasteiger partial charge in [0.1, 0.15) is 0 Å². The van der Waals surface area contributed by atoms with Crippen LogP contribution in [-0.2, 0) is 10.1 Å². The lowest BCUT2D eigenvalue weighted by Gasteiger charge is -1.97. The average molecular weight is 378 g/mol. The van der Waals surface area contributed by atoms with E-state index >= 15 is 0 Å². The summed E-state index contributed by atoms with van der Waals surface area (Å²) in [5.74, 6) is 0. The van der Waals surface area contributed by atoms with Crippen LogP contribution in [0, 0.1) is 0 Å². The summed E-state index contributed by atoms with van der Waals surface area (Å²) in [6.07, 6.45) is 0. The second-order valence-electron chi connectivity index (χ2n) is 4.70. The Morgan fingerprint density at radius 1 is 1.00 bits per heavy atom. The van der Waals surface area contributed by atoms with E-state index in [0.717, 1.165) is 21.8 Å². The van der Waals surface area contributed by atoms with E-state index in [9.17, 15) is 13.2 Å². The van der Waals surface area contributed by atoms with E-state index in [4.69, 9.17) is 24.6 Å². The third-order valence-corrected chi connectivity index (χ3v) is 3.81. The fourth-order valence-corrected chi connectivity index (χ4v) is 1.98. The molecule has 0 fully saturated rings. The molecule has 0 saturated carbocycles. The fraction of sp³-hybridized carbons (Fsp3) is 0.0667. The summed E-state index contributed by atoms with van der Waals surface area (Å²) in [7, 11) is -5.84. The number of alkyl halides is 3. The molecule has 2 aromatic carbocycles. The zero-order valence-electron chi connectivity index (χ0n) is 11.9. The molecule has 0 atom stereocenters. The predicted octanol–water partition coefficient (Wildman–Crippen LogP) is 4.88. The molecule has 4 nitrogen and oxygen atoms in total. The zero-order chi connectivity index (χ0) is 18.0. The highest BCUT2D eigenvalue weighted by molar-refractivity contribution is 7.86. The Balaban J connectivity index is 0.000000224. The van der Waals surface area contributed by atoms with Crippen LogP contribution in [0.5, 0.6) is 0 Å². The van der Waals surface area contributed by atoms with Crippen LogP contribution < -0.4 is 0 Å². The smallest absolute Gasteiger partial charge is 0.355 e. The van der Waals surface area contributed by atoms with Crippen molar-refractivity contribution in [2.75, 3.05) is 0 Å². The molecule has 1 aromatic heterocycles. The summed E-state index contributed by atoms with van der Waals surface area (Å²) in [6, 6.07) is 18.3. The van der Waals surface area contributed by atoms with Crippen molar-refractivity contribution in [2.24, 2.45) is 0 Å². The van der Waals surface area contributed by atoms with E-state index in [0.29, 0.717) is 0 Å². The van der Waals surface area contributed by atoms with Crippen molar-refractivity contribution in [3.8, 4) is 11.3 Å². The van der Waals surface area contributed by atoms with Gasteiger partial charge in [-0.25, -0.2) is 0 Å². The van der Waals surface area contributed by atoms with Crippen molar-refractivity contribution in [2.45, 2.75) is 5.51 Å². The van der Waals surface area contributed by atoms with Gasteiger partial charge in [-0.2, -0.15) is 21.6 Å². The Hall–Kier alpha value is -2.03. The van der Waals surface area contributed by atoms with Crippen LogP contribution in [0.2, 0.25) is 5.02 Å². The number of benzene rings is 2. The van der Waals surface area contributed by atoms with Crippen molar-refractivity contribution in [3.63, 3.8) is 0 Å². The van der Waals surface area contributed by atoms with Crippen LogP contribution in [0.25, 0.3) is 22.2 Å². The highest BCUT2D eigenvalue weighted by Gasteiger charge is 2.44. The minimum atomic E-state index is -5.84. The molecule has 3 aromatic rings. The molecule has 0 spiro atoms. The first kappa shape index (κ1) is 18.3. The zero-order valence-corrected chi connectivity index (χ0v) is 13.5. The van der Waals surface area contributed by atoms with E-state index in [1.807, 2.05) is 36.4 Å². The maximum Gasteiger partial charge on any atom is 0.522 e. The van der Waals surface area contributed by atoms with Gasteiger partial charge in [0.2, 0.25) is 0 Å². The van der Waals surface area contributed by atoms with Gasteiger partial charge in [0.25, 0.3) is 0 Å². The molecule has 0 aliphatic rings. The minimum Gasteiger partial charge on any atom is -0.355 e. The standard InChI is InChI=1S/C14H10ClN.CHF3O3S/c15-12-7-5-10(6-8-12)14-9-11-3-1-2-4-13(11)16-14;2-1(3,4)8(5,6)7/h1-9,16H;(H,5,6,7). The Labute approximate surface area is 140 Å². The molecular formula is C15H11ClF3NO3S. The van der Waals surface area contributed by atoms with Crippen molar-refractivity contribution in [1.29, 1.82) is 0 Å². The average Bonchev–Trinajstić information content (AvgIpc) is 2.90. The third kappa shape index (κ3) is 4.50. The first-order valence-electron chi connectivity index (χ1n) is 6.45. The quantitative estimate of drug-likeness (QED) is 0.469. The van der Waals surface area contributed by atoms with Crippen LogP contribution in [0.4, 0.5) is 13.2 Å². The maximum absolute atomic E-state index is 10.7. The monoisotopic (exact) mass is 377 g/mol. The molecule has 3 rings (SSSR count). The van der Waals surface area contributed by atoms with Crippen LogP contribution in [0.15, 0.2) is 54.6 Å². The molecule has 2 N–H and O–H groups in total. The van der Waals surface area contributed by atoms with Crippen molar-refractivity contribution >= 4 is 32.6 Å². The van der Waals surface area contributed by atoms with E-state index in [1.54, 1.807) is 0 Å². The van der Waals surface area contributed by atoms with Gasteiger partial charge in [-0.05, 0) is 29.8 Å². The number of rotatable bonds is 1. The Morgan fingerprint density at radius 3 is 2.04 bits per heavy atom. The minimum absolute atomic E-state index is 0.764. The van der Waals surface area contributed by atoms with Gasteiger partial charge in [0.15, 0.2) is 0 Å². The highest BCUT2D eigenvalue weighted by atomic mass is 35.5. The lowest BCUT2D eigenvalue weighted by molar-refractivity contribution is -0.0510. The topological polar surface area (TPSA) is 70.2 Å². The largest absolute Gasteiger partial charge is 0.522 e. The van der Waals surface area contributed by atoms with Crippen molar-refractivity contribution in [1.82, 2.24) is 4.98 Å². The van der Waals surface area contributed by atoms with Gasteiger partial charge in [0, 0.05) is 21.6 Å². The summed E-state index contributed by atoms with van der Waals surface area (Å²) in [4.78, 5) is 3.39. The van der Waals surface area contributed by atoms with Crippen LogP contribution in [0.3, 0.4) is 0 Å². The molecule has 24 heavy (non-hydrogen) atoms. The molecule has 0 saturated heterocycles. The molecule has 0 unspecified atom stereocenters. The van der Waals surface area contributed by atoms with E-state index < -0.39 is 15.6 Å². The second-order valence-corrected chi connectivity index (χ2v) is 6.55. The summed E-state index contributed by atoms with van der Waals surface area (Å²) < 4.78 is 57.5. The number of aromatic amines is 1. The summed E-state index contributed by atoms with van der Waals surface area (Å²) in [5, 5.41) is 1.99. The van der Waals surface area contributed by atoms with Gasteiger partial charge in [-0.1, -0.05) is 41.9 Å². The Bertz CT molecular complexity index is 902. The lowest BCUT2D eigenvalue weighted by Crippen LogP contribution is -2.21. The maximum atomic E-state index is 10.7. The number of aromatic nitrogens is 1. The van der Waals surface area contributed by atoms with E-state index in [1.165, 1.54) is 5.39 Å². The number of H-pyrrole nitrogens is 1. The predicted molar refractivity (Wildman–Crippen MR) is 86.3 cm³/mol. The summed E-state index contributed by atoms with van der Waals surface area (Å²) >= 11 is 5.87. The molecule has 0 radical (unpaired) electrons. The number of para-hydroxylation sites is 1. The molecule has 0 aliphatic heterocycles.